The molecule has 0 unspecified atom stereocenters. The molecule has 152 valence electrons. The van der Waals surface area contributed by atoms with E-state index in [1.165, 1.54) is 22.7 Å². The van der Waals surface area contributed by atoms with Crippen LogP contribution in [-0.2, 0) is 9.47 Å². The molecule has 2 rings (SSSR count). The summed E-state index contributed by atoms with van der Waals surface area (Å²) in [6.07, 6.45) is 5.10. The van der Waals surface area contributed by atoms with Crippen molar-refractivity contribution in [2.75, 3.05) is 24.7 Å². The molecule has 0 aliphatic rings. The van der Waals surface area contributed by atoms with Crippen LogP contribution in [0.25, 0.3) is 0 Å². The van der Waals surface area contributed by atoms with Crippen LogP contribution in [0, 0.1) is 0 Å². The molecule has 28 heavy (non-hydrogen) atoms. The van der Waals surface area contributed by atoms with Gasteiger partial charge in [-0.05, 0) is 25.0 Å². The number of nitrogens with two attached hydrogens (primary N) is 2. The van der Waals surface area contributed by atoms with Gasteiger partial charge >= 0.3 is 11.9 Å². The maximum atomic E-state index is 12.1. The van der Waals surface area contributed by atoms with E-state index in [0.29, 0.717) is 44.2 Å². The van der Waals surface area contributed by atoms with E-state index in [9.17, 15) is 9.59 Å². The molecule has 9 heteroatoms. The minimum atomic E-state index is -0.443. The van der Waals surface area contributed by atoms with Gasteiger partial charge in [-0.2, -0.15) is 0 Å². The van der Waals surface area contributed by atoms with Crippen molar-refractivity contribution in [3.8, 4) is 0 Å². The van der Waals surface area contributed by atoms with Crippen molar-refractivity contribution in [3.05, 3.63) is 28.1 Å². The summed E-state index contributed by atoms with van der Waals surface area (Å²) in [4.78, 5) is 29.1. The highest BCUT2D eigenvalue weighted by molar-refractivity contribution is 7.20. The van der Waals surface area contributed by atoms with Crippen LogP contribution in [-0.4, -0.2) is 31.4 Å². The molecule has 2 aromatic rings. The Morgan fingerprint density at radius 1 is 0.964 bits per heavy atom. The van der Waals surface area contributed by atoms with Gasteiger partial charge in [0, 0.05) is 11.1 Å². The normalized spacial score (nSPS) is 11.1. The van der Waals surface area contributed by atoms with Crippen LogP contribution >= 0.6 is 22.7 Å². The fourth-order valence-electron chi connectivity index (χ4n) is 2.16. The Morgan fingerprint density at radius 3 is 2.07 bits per heavy atom. The van der Waals surface area contributed by atoms with Crippen molar-refractivity contribution < 1.29 is 19.1 Å². The second kappa shape index (κ2) is 10.8. The summed E-state index contributed by atoms with van der Waals surface area (Å²) in [7, 11) is 0. The minimum absolute atomic E-state index is 0.319. The lowest BCUT2D eigenvalue weighted by molar-refractivity contribution is 0.0492. The summed E-state index contributed by atoms with van der Waals surface area (Å²) in [5.41, 5.74) is 12.5. The van der Waals surface area contributed by atoms with Crippen molar-refractivity contribution in [2.24, 2.45) is 4.99 Å². The third-order valence-corrected chi connectivity index (χ3v) is 5.52. The largest absolute Gasteiger partial charge is 0.462 e. The number of hydrogen-bond acceptors (Lipinski definition) is 9. The Kier molecular flexibility index (Phi) is 8.46. The highest BCUT2D eigenvalue weighted by Crippen LogP contribution is 2.33. The van der Waals surface area contributed by atoms with Crippen LogP contribution in [0.4, 0.5) is 15.0 Å². The fourth-order valence-corrected chi connectivity index (χ4v) is 3.71. The minimum Gasteiger partial charge on any atom is -0.462 e. The SMILES string of the molecule is CCCCOC(=O)c1cc(/C=N/c2cc(C(=O)OCCCC)c(N)s2)sc1N. The number of ether oxygens (including phenoxy) is 2. The lowest BCUT2D eigenvalue weighted by Crippen LogP contribution is -2.07. The zero-order valence-corrected chi connectivity index (χ0v) is 17.7. The third-order valence-electron chi connectivity index (χ3n) is 3.75. The number of rotatable bonds is 10. The van der Waals surface area contributed by atoms with Gasteiger partial charge in [-0.1, -0.05) is 38.0 Å². The molecule has 4 N–H and O–H groups in total. The zero-order valence-electron chi connectivity index (χ0n) is 16.0. The average molecular weight is 424 g/mol. The number of aliphatic imine (C=N–C) groups is 1. The molecule has 2 heterocycles. The number of thiophene rings is 2. The van der Waals surface area contributed by atoms with Gasteiger partial charge in [0.05, 0.1) is 24.3 Å². The van der Waals surface area contributed by atoms with Crippen LogP contribution in [0.3, 0.4) is 0 Å². The van der Waals surface area contributed by atoms with E-state index in [1.54, 1.807) is 18.3 Å². The fraction of sp³-hybridized carbons (Fsp3) is 0.421. The first-order valence-electron chi connectivity index (χ1n) is 9.13. The number of unbranched alkanes of at least 4 members (excludes halogenated alkanes) is 2. The lowest BCUT2D eigenvalue weighted by atomic mass is 10.3. The molecule has 0 aliphatic carbocycles. The average Bonchev–Trinajstić information content (AvgIpc) is 3.22. The molecule has 0 atom stereocenters. The molecule has 0 spiro atoms. The Hall–Kier alpha value is -2.39. The number of esters is 2. The molecule has 0 fully saturated rings. The van der Waals surface area contributed by atoms with Crippen molar-refractivity contribution in [1.29, 1.82) is 0 Å². The Bertz CT molecular complexity index is 774. The van der Waals surface area contributed by atoms with Crippen molar-refractivity contribution in [3.63, 3.8) is 0 Å². The Labute approximate surface area is 172 Å². The lowest BCUT2D eigenvalue weighted by Gasteiger charge is -2.02. The van der Waals surface area contributed by atoms with Gasteiger partial charge in [0.1, 0.15) is 15.0 Å². The number of hydrogen-bond donors (Lipinski definition) is 2. The van der Waals surface area contributed by atoms with Crippen molar-refractivity contribution in [2.45, 2.75) is 39.5 Å². The summed E-state index contributed by atoms with van der Waals surface area (Å²) in [5, 5.41) is 1.31. The van der Waals surface area contributed by atoms with Gasteiger partial charge in [-0.15, -0.1) is 11.3 Å². The molecule has 0 amide bonds. The first-order valence-corrected chi connectivity index (χ1v) is 10.8. The summed E-state index contributed by atoms with van der Waals surface area (Å²) < 4.78 is 10.4. The topological polar surface area (TPSA) is 117 Å². The Morgan fingerprint density at radius 2 is 1.50 bits per heavy atom. The maximum absolute atomic E-state index is 12.1. The van der Waals surface area contributed by atoms with Crippen LogP contribution < -0.4 is 11.5 Å². The summed E-state index contributed by atoms with van der Waals surface area (Å²) in [6.45, 7) is 4.79. The first-order chi connectivity index (χ1) is 13.5. The number of nitrogen functional groups attached to an aromatic ring is 2. The van der Waals surface area contributed by atoms with Gasteiger partial charge in [0.15, 0.2) is 0 Å². The number of nitrogens with zero attached hydrogens (tertiary/aromatic N) is 1. The molecular weight excluding hydrogens is 398 g/mol. The summed E-state index contributed by atoms with van der Waals surface area (Å²) in [5.74, 6) is -0.875. The molecule has 0 saturated heterocycles. The van der Waals surface area contributed by atoms with Crippen molar-refractivity contribution >= 4 is 55.8 Å². The number of anilines is 2. The van der Waals surface area contributed by atoms with Gasteiger partial charge in [0.25, 0.3) is 0 Å². The molecule has 0 aromatic carbocycles. The highest BCUT2D eigenvalue weighted by Gasteiger charge is 2.16. The second-order valence-corrected chi connectivity index (χ2v) is 8.20. The van der Waals surface area contributed by atoms with E-state index in [-0.39, 0.29) is 0 Å². The summed E-state index contributed by atoms with van der Waals surface area (Å²) >= 11 is 2.43. The third kappa shape index (κ3) is 6.07. The number of carbonyl (C=O) groups excluding carboxylic acids is 2. The second-order valence-electron chi connectivity index (χ2n) is 6.03. The Balaban J connectivity index is 2.04. The van der Waals surface area contributed by atoms with Crippen LogP contribution in [0.15, 0.2) is 17.1 Å². The molecule has 2 aromatic heterocycles. The number of carbonyl (C=O) groups is 2. The molecule has 0 bridgehead atoms. The highest BCUT2D eigenvalue weighted by atomic mass is 32.1. The van der Waals surface area contributed by atoms with E-state index in [0.717, 1.165) is 25.7 Å². The van der Waals surface area contributed by atoms with E-state index in [4.69, 9.17) is 20.9 Å². The van der Waals surface area contributed by atoms with Crippen LogP contribution in [0.1, 0.15) is 65.1 Å². The summed E-state index contributed by atoms with van der Waals surface area (Å²) in [6, 6.07) is 3.25. The van der Waals surface area contributed by atoms with E-state index < -0.39 is 11.9 Å². The maximum Gasteiger partial charge on any atom is 0.341 e. The van der Waals surface area contributed by atoms with Crippen LogP contribution in [0.2, 0.25) is 0 Å². The van der Waals surface area contributed by atoms with Crippen molar-refractivity contribution in [1.82, 2.24) is 0 Å². The van der Waals surface area contributed by atoms with Gasteiger partial charge in [-0.25, -0.2) is 14.6 Å². The van der Waals surface area contributed by atoms with Gasteiger partial charge in [0.2, 0.25) is 0 Å². The zero-order chi connectivity index (χ0) is 20.5. The van der Waals surface area contributed by atoms with E-state index in [2.05, 4.69) is 4.99 Å². The molecule has 0 saturated carbocycles. The first kappa shape index (κ1) is 21.9. The van der Waals surface area contributed by atoms with E-state index in [1.807, 2.05) is 13.8 Å². The molecule has 0 aliphatic heterocycles. The predicted molar refractivity (Wildman–Crippen MR) is 115 cm³/mol. The molecule has 0 radical (unpaired) electrons. The van der Waals surface area contributed by atoms with Gasteiger partial charge < -0.3 is 20.9 Å². The van der Waals surface area contributed by atoms with Gasteiger partial charge in [-0.3, -0.25) is 0 Å². The predicted octanol–water partition coefficient (Wildman–Crippen LogP) is 4.64. The molecule has 7 nitrogen and oxygen atoms in total. The molecular formula is C19H25N3O4S2. The van der Waals surface area contributed by atoms with Crippen LogP contribution in [0.5, 0.6) is 0 Å². The van der Waals surface area contributed by atoms with E-state index >= 15 is 0 Å². The standard InChI is InChI=1S/C19H25N3O4S2/c1-3-5-7-25-18(23)13-9-12(27-16(13)20)11-22-15-10-14(17(21)28-15)19(24)26-8-6-4-2/h9-11H,3-8,20-21H2,1-2H3/b22-11+. The smallest absolute Gasteiger partial charge is 0.341 e. The quantitative estimate of drug-likeness (QED) is 0.327. The monoisotopic (exact) mass is 423 g/mol.